The summed E-state index contributed by atoms with van der Waals surface area (Å²) in [6.45, 7) is 1.85. The quantitative estimate of drug-likeness (QED) is 0.803. The van der Waals surface area contributed by atoms with Gasteiger partial charge in [0.15, 0.2) is 0 Å². The van der Waals surface area contributed by atoms with E-state index in [1.54, 1.807) is 23.6 Å². The van der Waals surface area contributed by atoms with Crippen LogP contribution in [0.3, 0.4) is 0 Å². The maximum Gasteiger partial charge on any atom is 0.267 e. The first-order valence-electron chi connectivity index (χ1n) is 4.19. The first kappa shape index (κ1) is 9.08. The number of rotatable bonds is 2. The molecule has 0 aliphatic rings. The van der Waals surface area contributed by atoms with E-state index in [0.717, 1.165) is 10.7 Å². The van der Waals surface area contributed by atoms with Gasteiger partial charge in [-0.15, -0.1) is 11.3 Å². The normalized spacial score (nSPS) is 10.4. The van der Waals surface area contributed by atoms with Gasteiger partial charge in [-0.3, -0.25) is 4.79 Å². The summed E-state index contributed by atoms with van der Waals surface area (Å²) in [7, 11) is 0. The van der Waals surface area contributed by atoms with Crippen molar-refractivity contribution < 1.29 is 0 Å². The molecule has 0 fully saturated rings. The van der Waals surface area contributed by atoms with Crippen molar-refractivity contribution in [2.45, 2.75) is 13.3 Å². The third-order valence-corrected chi connectivity index (χ3v) is 2.61. The summed E-state index contributed by atoms with van der Waals surface area (Å²) in [4.78, 5) is 15.5. The molecule has 14 heavy (non-hydrogen) atoms. The molecule has 0 aromatic carbocycles. The Morgan fingerprint density at radius 3 is 3.14 bits per heavy atom. The molecule has 4 nitrogen and oxygen atoms in total. The molecule has 2 aromatic rings. The number of nitrogens with zero attached hydrogens (tertiary/aromatic N) is 2. The largest absolute Gasteiger partial charge is 0.268 e. The highest BCUT2D eigenvalue weighted by atomic mass is 32.1. The molecule has 72 valence electrons. The van der Waals surface area contributed by atoms with Crippen molar-refractivity contribution >= 4 is 11.3 Å². The van der Waals surface area contributed by atoms with Gasteiger partial charge in [0.05, 0.1) is 10.7 Å². The van der Waals surface area contributed by atoms with Crippen LogP contribution in [-0.2, 0) is 6.42 Å². The Hall–Kier alpha value is -1.49. The Labute approximate surface area is 84.6 Å². The van der Waals surface area contributed by atoms with E-state index in [1.807, 2.05) is 12.3 Å². The zero-order valence-corrected chi connectivity index (χ0v) is 8.47. The molecular formula is C9H9N3OS. The second-order valence-corrected chi connectivity index (χ2v) is 3.95. The number of nitrogens with one attached hydrogen (secondary N) is 1. The molecule has 0 radical (unpaired) electrons. The fourth-order valence-electron chi connectivity index (χ4n) is 1.20. The maximum atomic E-state index is 11.4. The van der Waals surface area contributed by atoms with Crippen molar-refractivity contribution in [2.24, 2.45) is 0 Å². The molecule has 0 saturated carbocycles. The molecule has 1 N–H and O–H groups in total. The summed E-state index contributed by atoms with van der Waals surface area (Å²) >= 11 is 1.55. The number of aryl methyl sites for hydroxylation is 1. The Bertz CT molecular complexity index is 475. The number of hydrogen-bond donors (Lipinski definition) is 1. The van der Waals surface area contributed by atoms with Crippen LogP contribution < -0.4 is 5.56 Å². The Morgan fingerprint density at radius 1 is 1.57 bits per heavy atom. The lowest BCUT2D eigenvalue weighted by molar-refractivity contribution is 0.911. The smallest absolute Gasteiger partial charge is 0.267 e. The molecule has 0 aliphatic carbocycles. The predicted molar refractivity (Wildman–Crippen MR) is 54.5 cm³/mol. The van der Waals surface area contributed by atoms with Gasteiger partial charge in [0.1, 0.15) is 0 Å². The maximum absolute atomic E-state index is 11.4. The highest BCUT2D eigenvalue weighted by Gasteiger charge is 2.03. The molecule has 2 rings (SSSR count). The Morgan fingerprint density at radius 2 is 2.43 bits per heavy atom. The highest BCUT2D eigenvalue weighted by Crippen LogP contribution is 2.08. The van der Waals surface area contributed by atoms with E-state index in [2.05, 4.69) is 15.2 Å². The van der Waals surface area contributed by atoms with E-state index in [-0.39, 0.29) is 5.56 Å². The van der Waals surface area contributed by atoms with Gasteiger partial charge in [-0.25, -0.2) is 10.1 Å². The van der Waals surface area contributed by atoms with Gasteiger partial charge in [-0.2, -0.15) is 5.10 Å². The molecule has 0 spiro atoms. The molecule has 0 atom stereocenters. The molecule has 0 bridgehead atoms. The molecule has 2 aromatic heterocycles. The van der Waals surface area contributed by atoms with Crippen molar-refractivity contribution in [3.63, 3.8) is 0 Å². The lowest BCUT2D eigenvalue weighted by atomic mass is 10.2. The number of aromatic nitrogens is 3. The van der Waals surface area contributed by atoms with Gasteiger partial charge in [0.2, 0.25) is 0 Å². The van der Waals surface area contributed by atoms with E-state index in [1.165, 1.54) is 0 Å². The fourth-order valence-corrected chi connectivity index (χ4v) is 1.83. The minimum Gasteiger partial charge on any atom is -0.268 e. The van der Waals surface area contributed by atoms with Crippen LogP contribution in [0, 0.1) is 6.92 Å². The van der Waals surface area contributed by atoms with Crippen LogP contribution in [0.25, 0.3) is 0 Å². The Kier molecular flexibility index (Phi) is 2.41. The first-order valence-corrected chi connectivity index (χ1v) is 5.07. The number of aromatic amines is 1. The van der Waals surface area contributed by atoms with Crippen molar-refractivity contribution in [2.75, 3.05) is 0 Å². The van der Waals surface area contributed by atoms with E-state index < -0.39 is 0 Å². The second-order valence-electron chi connectivity index (χ2n) is 2.97. The summed E-state index contributed by atoms with van der Waals surface area (Å²) in [5.74, 6) is 0. The summed E-state index contributed by atoms with van der Waals surface area (Å²) in [5.41, 5.74) is 1.40. The number of thiazole rings is 1. The van der Waals surface area contributed by atoms with E-state index >= 15 is 0 Å². The average molecular weight is 207 g/mol. The van der Waals surface area contributed by atoms with Crippen molar-refractivity contribution in [3.05, 3.63) is 44.3 Å². The Balaban J connectivity index is 2.33. The minimum atomic E-state index is -0.134. The van der Waals surface area contributed by atoms with Gasteiger partial charge < -0.3 is 0 Å². The summed E-state index contributed by atoms with van der Waals surface area (Å²) in [5, 5.41) is 9.11. The number of hydrogen-bond acceptors (Lipinski definition) is 4. The molecule has 0 aliphatic heterocycles. The topological polar surface area (TPSA) is 58.6 Å². The minimum absolute atomic E-state index is 0.134. The summed E-state index contributed by atoms with van der Waals surface area (Å²) < 4.78 is 0. The van der Waals surface area contributed by atoms with Gasteiger partial charge >= 0.3 is 0 Å². The van der Waals surface area contributed by atoms with Crippen LogP contribution in [0.4, 0.5) is 0 Å². The van der Waals surface area contributed by atoms with Crippen LogP contribution in [0.5, 0.6) is 0 Å². The van der Waals surface area contributed by atoms with Gasteiger partial charge in [0, 0.05) is 23.6 Å². The lowest BCUT2D eigenvalue weighted by Crippen LogP contribution is -2.14. The van der Waals surface area contributed by atoms with Crippen molar-refractivity contribution in [3.8, 4) is 0 Å². The third kappa shape index (κ3) is 1.88. The van der Waals surface area contributed by atoms with Gasteiger partial charge in [-0.05, 0) is 13.0 Å². The van der Waals surface area contributed by atoms with Crippen LogP contribution in [0.2, 0.25) is 0 Å². The van der Waals surface area contributed by atoms with Crippen molar-refractivity contribution in [1.82, 2.24) is 15.2 Å². The lowest BCUT2D eigenvalue weighted by Gasteiger charge is -1.97. The van der Waals surface area contributed by atoms with Crippen LogP contribution in [0.15, 0.2) is 22.4 Å². The summed E-state index contributed by atoms with van der Waals surface area (Å²) in [6.07, 6.45) is 2.32. The average Bonchev–Trinajstić information content (AvgIpc) is 2.64. The van der Waals surface area contributed by atoms with Crippen LogP contribution in [0.1, 0.15) is 16.3 Å². The summed E-state index contributed by atoms with van der Waals surface area (Å²) in [6, 6.07) is 1.79. The van der Waals surface area contributed by atoms with Crippen LogP contribution >= 0.6 is 11.3 Å². The molecule has 0 saturated heterocycles. The standard InChI is InChI=1S/C9H9N3OS/c1-6-4-7(9(13)12-11-6)5-8-10-2-3-14-8/h2-4H,5H2,1H3,(H,12,13). The highest BCUT2D eigenvalue weighted by molar-refractivity contribution is 7.09. The monoisotopic (exact) mass is 207 g/mol. The predicted octanol–water partition coefficient (Wildman–Crippen LogP) is 1.13. The zero-order chi connectivity index (χ0) is 9.97. The van der Waals surface area contributed by atoms with Gasteiger partial charge in [0.25, 0.3) is 5.56 Å². The van der Waals surface area contributed by atoms with E-state index in [9.17, 15) is 4.79 Å². The van der Waals surface area contributed by atoms with Gasteiger partial charge in [-0.1, -0.05) is 0 Å². The molecule has 0 unspecified atom stereocenters. The molecule has 2 heterocycles. The van der Waals surface area contributed by atoms with E-state index in [4.69, 9.17) is 0 Å². The third-order valence-electron chi connectivity index (χ3n) is 1.83. The van der Waals surface area contributed by atoms with E-state index in [0.29, 0.717) is 12.0 Å². The molecular weight excluding hydrogens is 198 g/mol. The molecule has 5 heteroatoms. The zero-order valence-electron chi connectivity index (χ0n) is 7.65. The van der Waals surface area contributed by atoms with Crippen molar-refractivity contribution in [1.29, 1.82) is 0 Å². The SMILES string of the molecule is Cc1cc(Cc2nccs2)c(=O)[nH]n1. The molecule has 0 amide bonds. The number of H-pyrrole nitrogens is 1. The second kappa shape index (κ2) is 3.71. The van der Waals surface area contributed by atoms with Crippen LogP contribution in [-0.4, -0.2) is 15.2 Å². The fraction of sp³-hybridized carbons (Fsp3) is 0.222. The first-order chi connectivity index (χ1) is 6.75.